The van der Waals surface area contributed by atoms with Crippen molar-refractivity contribution in [1.29, 1.82) is 0 Å². The van der Waals surface area contributed by atoms with Crippen molar-refractivity contribution in [2.75, 3.05) is 19.6 Å². The zero-order valence-corrected chi connectivity index (χ0v) is 11.2. The van der Waals surface area contributed by atoms with Gasteiger partial charge in [0.05, 0.1) is 0 Å². The minimum atomic E-state index is 0.659. The third kappa shape index (κ3) is 2.36. The highest BCUT2D eigenvalue weighted by Gasteiger charge is 2.36. The molecule has 0 bridgehead atoms. The number of rotatable bonds is 2. The molecule has 0 N–H and O–H groups in total. The molecule has 0 aliphatic carbocycles. The van der Waals surface area contributed by atoms with E-state index in [4.69, 9.17) is 0 Å². The average Bonchev–Trinajstić information content (AvgIpc) is 2.72. The summed E-state index contributed by atoms with van der Waals surface area (Å²) in [4.78, 5) is 5.23. The maximum atomic E-state index is 4.16. The van der Waals surface area contributed by atoms with E-state index in [1.807, 2.05) is 0 Å². The standard InChI is InChI=1S/C16H22N2/c1-13-8-16-12-17(10-14(2)18(16)9-13)11-15-6-4-3-5-7-15/h3-7,14,16H,1,8-12H2,2H3. The maximum absolute atomic E-state index is 4.16. The molecule has 2 heterocycles. The highest BCUT2D eigenvalue weighted by Crippen LogP contribution is 2.28. The van der Waals surface area contributed by atoms with Gasteiger partial charge in [-0.05, 0) is 18.9 Å². The molecule has 2 aliphatic heterocycles. The summed E-state index contributed by atoms with van der Waals surface area (Å²) >= 11 is 0. The predicted octanol–water partition coefficient (Wildman–Crippen LogP) is 2.52. The van der Waals surface area contributed by atoms with Crippen LogP contribution in [0.25, 0.3) is 0 Å². The highest BCUT2D eigenvalue weighted by atomic mass is 15.3. The van der Waals surface area contributed by atoms with E-state index >= 15 is 0 Å². The first kappa shape index (κ1) is 11.9. The van der Waals surface area contributed by atoms with Crippen molar-refractivity contribution in [3.63, 3.8) is 0 Å². The van der Waals surface area contributed by atoms with E-state index in [-0.39, 0.29) is 0 Å². The normalized spacial score (nSPS) is 29.5. The van der Waals surface area contributed by atoms with Crippen molar-refractivity contribution < 1.29 is 0 Å². The van der Waals surface area contributed by atoms with Crippen LogP contribution in [-0.2, 0) is 6.54 Å². The molecule has 2 unspecified atom stereocenters. The summed E-state index contributed by atoms with van der Waals surface area (Å²) in [5.74, 6) is 0. The van der Waals surface area contributed by atoms with Crippen LogP contribution in [0.3, 0.4) is 0 Å². The molecule has 2 atom stereocenters. The summed E-state index contributed by atoms with van der Waals surface area (Å²) < 4.78 is 0. The molecule has 2 heteroatoms. The minimum Gasteiger partial charge on any atom is -0.296 e. The second-order valence-corrected chi connectivity index (χ2v) is 5.81. The van der Waals surface area contributed by atoms with E-state index in [2.05, 4.69) is 53.6 Å². The topological polar surface area (TPSA) is 6.48 Å². The summed E-state index contributed by atoms with van der Waals surface area (Å²) in [7, 11) is 0. The zero-order valence-electron chi connectivity index (χ0n) is 11.2. The van der Waals surface area contributed by atoms with E-state index in [0.29, 0.717) is 12.1 Å². The summed E-state index contributed by atoms with van der Waals surface area (Å²) in [6.07, 6.45) is 1.19. The molecule has 2 saturated heterocycles. The summed E-state index contributed by atoms with van der Waals surface area (Å²) in [6, 6.07) is 12.2. The first-order chi connectivity index (χ1) is 8.72. The quantitative estimate of drug-likeness (QED) is 0.735. The number of nitrogens with zero attached hydrogens (tertiary/aromatic N) is 2. The Labute approximate surface area is 110 Å². The fourth-order valence-corrected chi connectivity index (χ4v) is 3.41. The Hall–Kier alpha value is -1.12. The van der Waals surface area contributed by atoms with Gasteiger partial charge in [-0.2, -0.15) is 0 Å². The fraction of sp³-hybridized carbons (Fsp3) is 0.500. The number of hydrogen-bond acceptors (Lipinski definition) is 2. The number of fused-ring (bicyclic) bond motifs is 1. The van der Waals surface area contributed by atoms with Crippen LogP contribution in [0.2, 0.25) is 0 Å². The van der Waals surface area contributed by atoms with Crippen molar-refractivity contribution in [3.8, 4) is 0 Å². The van der Waals surface area contributed by atoms with Crippen LogP contribution in [0, 0.1) is 0 Å². The van der Waals surface area contributed by atoms with Crippen molar-refractivity contribution >= 4 is 0 Å². The smallest absolute Gasteiger partial charge is 0.0267 e. The molecule has 0 saturated carbocycles. The Kier molecular flexibility index (Phi) is 3.23. The lowest BCUT2D eigenvalue weighted by Gasteiger charge is -2.42. The predicted molar refractivity (Wildman–Crippen MR) is 75.4 cm³/mol. The van der Waals surface area contributed by atoms with Gasteiger partial charge < -0.3 is 0 Å². The van der Waals surface area contributed by atoms with E-state index in [1.165, 1.54) is 30.6 Å². The van der Waals surface area contributed by atoms with Crippen LogP contribution in [0.1, 0.15) is 18.9 Å². The van der Waals surface area contributed by atoms with Gasteiger partial charge in [0.2, 0.25) is 0 Å². The number of piperazine rings is 1. The molecule has 0 spiro atoms. The first-order valence-electron chi connectivity index (χ1n) is 6.91. The van der Waals surface area contributed by atoms with E-state index in [9.17, 15) is 0 Å². The molecule has 18 heavy (non-hydrogen) atoms. The van der Waals surface area contributed by atoms with Gasteiger partial charge in [0.15, 0.2) is 0 Å². The first-order valence-corrected chi connectivity index (χ1v) is 6.91. The van der Waals surface area contributed by atoms with Crippen LogP contribution in [0.15, 0.2) is 42.5 Å². The summed E-state index contributed by atoms with van der Waals surface area (Å²) in [5.41, 5.74) is 2.84. The van der Waals surface area contributed by atoms with Gasteiger partial charge in [-0.3, -0.25) is 9.80 Å². The molecule has 0 radical (unpaired) electrons. The second kappa shape index (κ2) is 4.87. The summed E-state index contributed by atoms with van der Waals surface area (Å²) in [6.45, 7) is 11.1. The van der Waals surface area contributed by atoms with Gasteiger partial charge in [0.25, 0.3) is 0 Å². The molecular weight excluding hydrogens is 220 g/mol. The molecule has 0 amide bonds. The lowest BCUT2D eigenvalue weighted by Crippen LogP contribution is -2.54. The van der Waals surface area contributed by atoms with Gasteiger partial charge >= 0.3 is 0 Å². The lowest BCUT2D eigenvalue weighted by molar-refractivity contribution is 0.0549. The zero-order chi connectivity index (χ0) is 12.5. The summed E-state index contributed by atoms with van der Waals surface area (Å²) in [5, 5.41) is 0. The van der Waals surface area contributed by atoms with Crippen LogP contribution < -0.4 is 0 Å². The van der Waals surface area contributed by atoms with Crippen LogP contribution in [0.4, 0.5) is 0 Å². The van der Waals surface area contributed by atoms with Crippen molar-refractivity contribution in [1.82, 2.24) is 9.80 Å². The molecule has 1 aromatic rings. The average molecular weight is 242 g/mol. The van der Waals surface area contributed by atoms with Crippen molar-refractivity contribution in [2.45, 2.75) is 32.0 Å². The number of hydrogen-bond donors (Lipinski definition) is 0. The highest BCUT2D eigenvalue weighted by molar-refractivity contribution is 5.16. The van der Waals surface area contributed by atoms with E-state index in [0.717, 1.165) is 13.1 Å². The fourth-order valence-electron chi connectivity index (χ4n) is 3.41. The second-order valence-electron chi connectivity index (χ2n) is 5.81. The Bertz CT molecular complexity index is 426. The van der Waals surface area contributed by atoms with Gasteiger partial charge in [-0.15, -0.1) is 0 Å². The minimum absolute atomic E-state index is 0.659. The third-order valence-corrected chi connectivity index (χ3v) is 4.21. The van der Waals surface area contributed by atoms with E-state index < -0.39 is 0 Å². The lowest BCUT2D eigenvalue weighted by atomic mass is 10.1. The molecule has 2 fully saturated rings. The number of benzene rings is 1. The van der Waals surface area contributed by atoms with Gasteiger partial charge in [-0.1, -0.05) is 42.5 Å². The molecule has 2 aliphatic rings. The van der Waals surface area contributed by atoms with Gasteiger partial charge in [0.1, 0.15) is 0 Å². The molecule has 1 aromatic carbocycles. The molecule has 2 nitrogen and oxygen atoms in total. The SMILES string of the molecule is C=C1CC2CN(Cc3ccccc3)CC(C)N2C1. The van der Waals surface area contributed by atoms with Gasteiger partial charge in [-0.25, -0.2) is 0 Å². The van der Waals surface area contributed by atoms with Crippen LogP contribution >= 0.6 is 0 Å². The van der Waals surface area contributed by atoms with E-state index in [1.54, 1.807) is 0 Å². The Morgan fingerprint density at radius 3 is 2.78 bits per heavy atom. The van der Waals surface area contributed by atoms with Crippen LogP contribution in [-0.4, -0.2) is 41.5 Å². The van der Waals surface area contributed by atoms with Crippen molar-refractivity contribution in [2.24, 2.45) is 0 Å². The third-order valence-electron chi connectivity index (χ3n) is 4.21. The molecule has 96 valence electrons. The molecular formula is C16H22N2. The van der Waals surface area contributed by atoms with Gasteiger partial charge in [0, 0.05) is 38.3 Å². The largest absolute Gasteiger partial charge is 0.296 e. The van der Waals surface area contributed by atoms with Crippen LogP contribution in [0.5, 0.6) is 0 Å². The Morgan fingerprint density at radius 2 is 2.00 bits per heavy atom. The Morgan fingerprint density at radius 1 is 1.22 bits per heavy atom. The molecule has 3 rings (SSSR count). The monoisotopic (exact) mass is 242 g/mol. The van der Waals surface area contributed by atoms with Crippen molar-refractivity contribution in [3.05, 3.63) is 48.0 Å². The maximum Gasteiger partial charge on any atom is 0.0267 e. The molecule has 0 aromatic heterocycles. The Balaban J connectivity index is 1.67.